The normalized spacial score (nSPS) is 22.8. The van der Waals surface area contributed by atoms with Gasteiger partial charge in [0, 0.05) is 58.2 Å². The van der Waals surface area contributed by atoms with E-state index < -0.39 is 12.0 Å². The number of anilines is 1. The van der Waals surface area contributed by atoms with E-state index in [2.05, 4.69) is 19.8 Å². The topological polar surface area (TPSA) is 93.1 Å². The summed E-state index contributed by atoms with van der Waals surface area (Å²) in [6.07, 6.45) is 3.45. The van der Waals surface area contributed by atoms with Crippen LogP contribution in [-0.4, -0.2) is 107 Å². The molecule has 9 nitrogen and oxygen atoms in total. The second-order valence-electron chi connectivity index (χ2n) is 6.49. The number of aliphatic carboxylic acids is 1. The maximum atomic E-state index is 12.5. The van der Waals surface area contributed by atoms with Gasteiger partial charge in [0.05, 0.1) is 6.54 Å². The van der Waals surface area contributed by atoms with Crippen LogP contribution in [0, 0.1) is 0 Å². The molecule has 0 aliphatic carbocycles. The first kappa shape index (κ1) is 17.6. The average Bonchev–Trinajstić information content (AvgIpc) is 2.63. The van der Waals surface area contributed by atoms with Crippen LogP contribution in [0.15, 0.2) is 18.5 Å². The van der Waals surface area contributed by atoms with Crippen molar-refractivity contribution in [2.75, 3.05) is 64.3 Å². The predicted molar refractivity (Wildman–Crippen MR) is 91.3 cm³/mol. The van der Waals surface area contributed by atoms with E-state index in [9.17, 15) is 14.7 Å². The zero-order valence-electron chi connectivity index (χ0n) is 14.4. The van der Waals surface area contributed by atoms with Crippen LogP contribution in [-0.2, 0) is 9.59 Å². The summed E-state index contributed by atoms with van der Waals surface area (Å²) in [6.45, 7) is 4.83. The summed E-state index contributed by atoms with van der Waals surface area (Å²) in [6, 6.07) is 1.17. The summed E-state index contributed by atoms with van der Waals surface area (Å²) in [5.41, 5.74) is 0. The van der Waals surface area contributed by atoms with Gasteiger partial charge in [-0.05, 0) is 13.1 Å². The molecule has 3 heterocycles. The smallest absolute Gasteiger partial charge is 0.322 e. The van der Waals surface area contributed by atoms with Gasteiger partial charge in [0.15, 0.2) is 0 Å². The molecular formula is C16H24N6O3. The third-order valence-electron chi connectivity index (χ3n) is 4.85. The molecule has 1 amide bonds. The van der Waals surface area contributed by atoms with E-state index in [0.717, 1.165) is 32.1 Å². The number of carbonyl (C=O) groups is 2. The average molecular weight is 348 g/mol. The van der Waals surface area contributed by atoms with Crippen LogP contribution >= 0.6 is 0 Å². The molecular weight excluding hydrogens is 324 g/mol. The zero-order chi connectivity index (χ0) is 17.8. The van der Waals surface area contributed by atoms with Crippen LogP contribution in [0.2, 0.25) is 0 Å². The second kappa shape index (κ2) is 7.75. The molecule has 1 atom stereocenters. The molecule has 2 saturated heterocycles. The Morgan fingerprint density at radius 1 is 1.12 bits per heavy atom. The Hall–Kier alpha value is -2.26. The van der Waals surface area contributed by atoms with Crippen molar-refractivity contribution >= 4 is 17.8 Å². The predicted octanol–water partition coefficient (Wildman–Crippen LogP) is -1.17. The van der Waals surface area contributed by atoms with Crippen LogP contribution in [0.5, 0.6) is 0 Å². The molecule has 1 aromatic rings. The third kappa shape index (κ3) is 4.23. The Bertz CT molecular complexity index is 605. The van der Waals surface area contributed by atoms with E-state index >= 15 is 0 Å². The first-order valence-electron chi connectivity index (χ1n) is 8.50. The molecule has 1 aromatic heterocycles. The zero-order valence-corrected chi connectivity index (χ0v) is 14.4. The minimum Gasteiger partial charge on any atom is -0.480 e. The monoisotopic (exact) mass is 348 g/mol. The van der Waals surface area contributed by atoms with Gasteiger partial charge >= 0.3 is 5.97 Å². The first-order valence-corrected chi connectivity index (χ1v) is 8.50. The highest BCUT2D eigenvalue weighted by Gasteiger charge is 2.32. The molecule has 25 heavy (non-hydrogen) atoms. The number of hydrogen-bond acceptors (Lipinski definition) is 7. The largest absolute Gasteiger partial charge is 0.480 e. The Kier molecular flexibility index (Phi) is 5.44. The van der Waals surface area contributed by atoms with Crippen molar-refractivity contribution in [3.05, 3.63) is 18.5 Å². The number of amides is 1. The maximum Gasteiger partial charge on any atom is 0.322 e. The maximum absolute atomic E-state index is 12.5. The van der Waals surface area contributed by atoms with Gasteiger partial charge in [-0.1, -0.05) is 0 Å². The number of nitrogens with zero attached hydrogens (tertiary/aromatic N) is 6. The Morgan fingerprint density at radius 3 is 2.44 bits per heavy atom. The molecule has 2 aliphatic heterocycles. The van der Waals surface area contributed by atoms with E-state index in [-0.39, 0.29) is 12.5 Å². The highest BCUT2D eigenvalue weighted by molar-refractivity contribution is 5.80. The quantitative estimate of drug-likeness (QED) is 0.727. The van der Waals surface area contributed by atoms with Crippen molar-refractivity contribution in [3.8, 4) is 0 Å². The first-order chi connectivity index (χ1) is 12.0. The van der Waals surface area contributed by atoms with Crippen molar-refractivity contribution < 1.29 is 14.7 Å². The molecule has 0 radical (unpaired) electrons. The molecule has 0 unspecified atom stereocenters. The van der Waals surface area contributed by atoms with Gasteiger partial charge in [-0.25, -0.2) is 9.97 Å². The van der Waals surface area contributed by atoms with E-state index in [0.29, 0.717) is 19.6 Å². The van der Waals surface area contributed by atoms with Crippen LogP contribution in [0.25, 0.3) is 0 Å². The molecule has 1 N–H and O–H groups in total. The molecule has 2 aliphatic rings. The van der Waals surface area contributed by atoms with Gasteiger partial charge < -0.3 is 14.9 Å². The highest BCUT2D eigenvalue weighted by Crippen LogP contribution is 2.12. The number of piperazine rings is 2. The number of aromatic nitrogens is 2. The van der Waals surface area contributed by atoms with E-state index in [1.165, 1.54) is 0 Å². The number of likely N-dealkylation sites (N-methyl/N-ethyl adjacent to an activating group) is 1. The van der Waals surface area contributed by atoms with Gasteiger partial charge in [0.25, 0.3) is 0 Å². The molecule has 9 heteroatoms. The highest BCUT2D eigenvalue weighted by atomic mass is 16.4. The molecule has 0 saturated carbocycles. The van der Waals surface area contributed by atoms with Crippen molar-refractivity contribution in [2.45, 2.75) is 6.04 Å². The van der Waals surface area contributed by atoms with E-state index in [4.69, 9.17) is 0 Å². The molecule has 2 fully saturated rings. The van der Waals surface area contributed by atoms with Crippen LogP contribution in [0.3, 0.4) is 0 Å². The fraction of sp³-hybridized carbons (Fsp3) is 0.625. The van der Waals surface area contributed by atoms with Gasteiger partial charge in [-0.3, -0.25) is 19.4 Å². The van der Waals surface area contributed by atoms with Crippen LogP contribution in [0.1, 0.15) is 0 Å². The SMILES string of the molecule is CN1CCN(C(=O)CN2CCN(c3ncccn3)CC2)C[C@H]1C(=O)O. The lowest BCUT2D eigenvalue weighted by Crippen LogP contribution is -2.58. The third-order valence-corrected chi connectivity index (χ3v) is 4.85. The summed E-state index contributed by atoms with van der Waals surface area (Å²) in [4.78, 5) is 40.0. The molecule has 3 rings (SSSR count). The molecule has 0 aromatic carbocycles. The minimum absolute atomic E-state index is 0.00348. The van der Waals surface area contributed by atoms with Gasteiger partial charge in [-0.2, -0.15) is 0 Å². The fourth-order valence-electron chi connectivity index (χ4n) is 3.22. The van der Waals surface area contributed by atoms with Gasteiger partial charge in [0.1, 0.15) is 6.04 Å². The molecule has 0 bridgehead atoms. The van der Waals surface area contributed by atoms with Crippen LogP contribution < -0.4 is 4.90 Å². The standard InChI is InChI=1S/C16H24N6O3/c1-19-5-8-22(11-13(19)15(24)25)14(23)12-20-6-9-21(10-7-20)16-17-3-2-4-18-16/h2-4,13H,5-12H2,1H3,(H,24,25)/t13-/m0/s1. The summed E-state index contributed by atoms with van der Waals surface area (Å²) in [5.74, 6) is -0.155. The lowest BCUT2D eigenvalue weighted by atomic mass is 10.1. The van der Waals surface area contributed by atoms with E-state index in [1.54, 1.807) is 35.3 Å². The summed E-state index contributed by atoms with van der Waals surface area (Å²) >= 11 is 0. The number of carbonyl (C=O) groups excluding carboxylic acids is 1. The van der Waals surface area contributed by atoms with Gasteiger partial charge in [-0.15, -0.1) is 0 Å². The van der Waals surface area contributed by atoms with Crippen molar-refractivity contribution in [1.82, 2.24) is 24.7 Å². The summed E-state index contributed by atoms with van der Waals surface area (Å²) < 4.78 is 0. The lowest BCUT2D eigenvalue weighted by molar-refractivity contribution is -0.148. The molecule has 0 spiro atoms. The van der Waals surface area contributed by atoms with Crippen molar-refractivity contribution in [3.63, 3.8) is 0 Å². The second-order valence-corrected chi connectivity index (χ2v) is 6.49. The molecule has 136 valence electrons. The van der Waals surface area contributed by atoms with E-state index in [1.807, 2.05) is 0 Å². The Morgan fingerprint density at radius 2 is 1.80 bits per heavy atom. The van der Waals surface area contributed by atoms with Gasteiger partial charge in [0.2, 0.25) is 11.9 Å². The number of carboxylic acid groups (broad SMARTS) is 1. The fourth-order valence-corrected chi connectivity index (χ4v) is 3.22. The lowest BCUT2D eigenvalue weighted by Gasteiger charge is -2.39. The summed E-state index contributed by atoms with van der Waals surface area (Å²) in [7, 11) is 1.78. The number of hydrogen-bond donors (Lipinski definition) is 1. The van der Waals surface area contributed by atoms with Crippen molar-refractivity contribution in [2.24, 2.45) is 0 Å². The minimum atomic E-state index is -0.878. The van der Waals surface area contributed by atoms with Crippen molar-refractivity contribution in [1.29, 1.82) is 0 Å². The summed E-state index contributed by atoms with van der Waals surface area (Å²) in [5, 5.41) is 9.26. The number of carboxylic acids is 1. The number of rotatable bonds is 4. The Labute approximate surface area is 146 Å². The Balaban J connectivity index is 1.49. The van der Waals surface area contributed by atoms with Crippen LogP contribution in [0.4, 0.5) is 5.95 Å².